The number of benzene rings is 2. The number of esters is 1. The smallest absolute Gasteiger partial charge is 0.316 e. The first kappa shape index (κ1) is 22.5. The van der Waals surface area contributed by atoms with Gasteiger partial charge in [-0.15, -0.1) is 0 Å². The van der Waals surface area contributed by atoms with E-state index in [-0.39, 0.29) is 6.04 Å². The van der Waals surface area contributed by atoms with Gasteiger partial charge in [-0.2, -0.15) is 0 Å². The van der Waals surface area contributed by atoms with Crippen molar-refractivity contribution in [2.45, 2.75) is 43.1 Å². The topological polar surface area (TPSA) is 55.4 Å². The Morgan fingerprint density at radius 1 is 1.11 bits per heavy atom. The highest BCUT2D eigenvalue weighted by Gasteiger charge is 2.34. The van der Waals surface area contributed by atoms with E-state index in [0.29, 0.717) is 0 Å². The molecule has 0 aliphatic rings. The summed E-state index contributed by atoms with van der Waals surface area (Å²) in [7, 11) is 0. The number of alkyl halides is 3. The molecule has 0 saturated heterocycles. The van der Waals surface area contributed by atoms with Gasteiger partial charge >= 0.3 is 5.97 Å². The normalized spacial score (nSPS) is 13.5. The van der Waals surface area contributed by atoms with Gasteiger partial charge in [0.2, 0.25) is 9.70 Å². The van der Waals surface area contributed by atoms with Gasteiger partial charge in [0.05, 0.1) is 6.04 Å². The zero-order valence-electron chi connectivity index (χ0n) is 15.8. The highest BCUT2D eigenvalue weighted by atomic mass is 35.6. The zero-order valence-corrected chi connectivity index (χ0v) is 18.1. The quantitative estimate of drug-likeness (QED) is 0.272. The van der Waals surface area contributed by atoms with E-state index in [9.17, 15) is 9.59 Å². The van der Waals surface area contributed by atoms with Crippen molar-refractivity contribution >= 4 is 57.5 Å². The average molecular weight is 443 g/mol. The Morgan fingerprint density at radius 3 is 2.39 bits per heavy atom. The molecule has 0 radical (unpaired) electrons. The fraction of sp³-hybridized carbons (Fsp3) is 0.333. The number of halogens is 3. The molecule has 0 aliphatic carbocycles. The molecule has 1 unspecified atom stereocenters. The Labute approximate surface area is 179 Å². The second-order valence-electron chi connectivity index (χ2n) is 6.73. The van der Waals surface area contributed by atoms with Crippen LogP contribution in [0.15, 0.2) is 54.1 Å². The monoisotopic (exact) mass is 441 g/mol. The molecular formula is C21H22Cl3NO3. The minimum Gasteiger partial charge on any atom is -0.453 e. The lowest BCUT2D eigenvalue weighted by Gasteiger charge is -2.22. The fourth-order valence-corrected chi connectivity index (χ4v) is 3.13. The summed E-state index contributed by atoms with van der Waals surface area (Å²) in [4.78, 5) is 24.4. The van der Waals surface area contributed by atoms with Crippen molar-refractivity contribution in [3.63, 3.8) is 0 Å². The predicted molar refractivity (Wildman–Crippen MR) is 115 cm³/mol. The van der Waals surface area contributed by atoms with E-state index in [1.807, 2.05) is 49.4 Å². The molecule has 4 nitrogen and oxygen atoms in total. The van der Waals surface area contributed by atoms with Crippen LogP contribution in [0.4, 0.5) is 0 Å². The maximum Gasteiger partial charge on any atom is 0.316 e. The third-order valence-corrected chi connectivity index (χ3v) is 4.68. The molecule has 0 aliphatic heterocycles. The molecule has 0 bridgehead atoms. The fourth-order valence-electron chi connectivity index (χ4n) is 2.81. The number of carbonyl (C=O) groups is 2. The summed E-state index contributed by atoms with van der Waals surface area (Å²) >= 11 is 17.6. The van der Waals surface area contributed by atoms with Crippen molar-refractivity contribution < 1.29 is 14.3 Å². The van der Waals surface area contributed by atoms with Crippen LogP contribution in [0.5, 0.6) is 0 Å². The Morgan fingerprint density at radius 2 is 1.75 bits per heavy atom. The molecule has 7 heteroatoms. The van der Waals surface area contributed by atoms with Gasteiger partial charge in [0.1, 0.15) is 6.42 Å². The minimum atomic E-state index is -1.82. The lowest BCUT2D eigenvalue weighted by molar-refractivity contribution is -0.149. The SMILES string of the molecule is CC(C)=CC(OC(=O)CC(=O)N[C@H](C)c1cccc2ccccc12)C(Cl)(Cl)Cl. The summed E-state index contributed by atoms with van der Waals surface area (Å²) < 4.78 is 3.36. The number of hydrogen-bond acceptors (Lipinski definition) is 3. The van der Waals surface area contributed by atoms with Gasteiger partial charge in [0.25, 0.3) is 0 Å². The highest BCUT2D eigenvalue weighted by molar-refractivity contribution is 6.68. The standard InChI is InChI=1S/C21H22Cl3NO3/c1-13(2)11-18(21(22,23)24)28-20(27)12-19(26)25-14(3)16-10-6-8-15-7-4-5-9-17(15)16/h4-11,14,18H,12H2,1-3H3,(H,25,26)/t14-,18?/m1/s1. The van der Waals surface area contributed by atoms with Crippen LogP contribution in [0.1, 0.15) is 38.8 Å². The van der Waals surface area contributed by atoms with E-state index in [4.69, 9.17) is 39.5 Å². The van der Waals surface area contributed by atoms with Crippen molar-refractivity contribution in [2.75, 3.05) is 0 Å². The molecule has 28 heavy (non-hydrogen) atoms. The molecule has 2 rings (SSSR count). The van der Waals surface area contributed by atoms with Gasteiger partial charge in [-0.3, -0.25) is 9.59 Å². The van der Waals surface area contributed by atoms with E-state index in [1.165, 1.54) is 6.08 Å². The molecule has 0 spiro atoms. The Kier molecular flexibility index (Phi) is 7.76. The first-order valence-electron chi connectivity index (χ1n) is 8.76. The van der Waals surface area contributed by atoms with Crippen molar-refractivity contribution in [1.29, 1.82) is 0 Å². The molecule has 2 aromatic rings. The van der Waals surface area contributed by atoms with E-state index in [1.54, 1.807) is 13.8 Å². The van der Waals surface area contributed by atoms with Crippen molar-refractivity contribution in [3.8, 4) is 0 Å². The molecule has 0 aromatic heterocycles. The first-order chi connectivity index (χ1) is 13.1. The summed E-state index contributed by atoms with van der Waals surface area (Å²) in [5.41, 5.74) is 1.78. The number of rotatable bonds is 6. The van der Waals surface area contributed by atoms with Crippen molar-refractivity contribution in [2.24, 2.45) is 0 Å². The number of amides is 1. The van der Waals surface area contributed by atoms with Crippen molar-refractivity contribution in [3.05, 3.63) is 59.7 Å². The molecule has 1 amide bonds. The van der Waals surface area contributed by atoms with E-state index in [0.717, 1.165) is 21.9 Å². The third-order valence-electron chi connectivity index (χ3n) is 4.04. The van der Waals surface area contributed by atoms with E-state index < -0.39 is 28.2 Å². The van der Waals surface area contributed by atoms with Crippen LogP contribution in [-0.2, 0) is 14.3 Å². The summed E-state index contributed by atoms with van der Waals surface area (Å²) in [6.45, 7) is 5.43. The van der Waals surface area contributed by atoms with Crippen LogP contribution in [0, 0.1) is 0 Å². The Bertz CT molecular complexity index is 881. The molecule has 0 heterocycles. The van der Waals surface area contributed by atoms with Gasteiger partial charge in [-0.1, -0.05) is 82.8 Å². The van der Waals surface area contributed by atoms with Gasteiger partial charge in [0, 0.05) is 0 Å². The highest BCUT2D eigenvalue weighted by Crippen LogP contribution is 2.34. The second-order valence-corrected chi connectivity index (χ2v) is 9.10. The summed E-state index contributed by atoms with van der Waals surface area (Å²) in [5.74, 6) is -1.23. The first-order valence-corrected chi connectivity index (χ1v) is 9.89. The van der Waals surface area contributed by atoms with E-state index >= 15 is 0 Å². The summed E-state index contributed by atoms with van der Waals surface area (Å²) in [5, 5.41) is 4.94. The molecule has 0 fully saturated rings. The lowest BCUT2D eigenvalue weighted by Crippen LogP contribution is -2.33. The maximum atomic E-state index is 12.3. The number of ether oxygens (including phenoxy) is 1. The van der Waals surface area contributed by atoms with Crippen molar-refractivity contribution in [1.82, 2.24) is 5.32 Å². The number of fused-ring (bicyclic) bond motifs is 1. The predicted octanol–water partition coefficient (Wildman–Crippen LogP) is 5.66. The van der Waals surface area contributed by atoms with Crippen LogP contribution < -0.4 is 5.32 Å². The molecule has 1 N–H and O–H groups in total. The van der Waals surface area contributed by atoms with Crippen LogP contribution in [0.3, 0.4) is 0 Å². The number of allylic oxidation sites excluding steroid dienone is 1. The number of carbonyl (C=O) groups excluding carboxylic acids is 2. The molecule has 2 aromatic carbocycles. The third kappa shape index (κ3) is 6.40. The Hall–Kier alpha value is -1.75. The maximum absolute atomic E-state index is 12.3. The lowest BCUT2D eigenvalue weighted by atomic mass is 9.99. The minimum absolute atomic E-state index is 0.284. The molecule has 150 valence electrons. The zero-order chi connectivity index (χ0) is 20.9. The van der Waals surface area contributed by atoms with Crippen LogP contribution >= 0.6 is 34.8 Å². The largest absolute Gasteiger partial charge is 0.453 e. The van der Waals surface area contributed by atoms with Gasteiger partial charge in [0.15, 0.2) is 6.10 Å². The van der Waals surface area contributed by atoms with Crippen LogP contribution in [0.2, 0.25) is 0 Å². The van der Waals surface area contributed by atoms with Crippen LogP contribution in [-0.4, -0.2) is 21.8 Å². The number of nitrogens with one attached hydrogen (secondary N) is 1. The Balaban J connectivity index is 2.02. The summed E-state index contributed by atoms with van der Waals surface area (Å²) in [6, 6.07) is 13.5. The van der Waals surface area contributed by atoms with E-state index in [2.05, 4.69) is 5.32 Å². The van der Waals surface area contributed by atoms with Crippen LogP contribution in [0.25, 0.3) is 10.8 Å². The molecule has 2 atom stereocenters. The second kappa shape index (κ2) is 9.64. The average Bonchev–Trinajstić information content (AvgIpc) is 2.59. The summed E-state index contributed by atoms with van der Waals surface area (Å²) in [6.07, 6.45) is -0.0110. The molecular weight excluding hydrogens is 421 g/mol. The number of hydrogen-bond donors (Lipinski definition) is 1. The molecule has 0 saturated carbocycles. The van der Waals surface area contributed by atoms with Gasteiger partial charge in [-0.05, 0) is 43.2 Å². The van der Waals surface area contributed by atoms with Gasteiger partial charge < -0.3 is 10.1 Å². The van der Waals surface area contributed by atoms with Gasteiger partial charge in [-0.25, -0.2) is 0 Å².